The van der Waals surface area contributed by atoms with Gasteiger partial charge in [-0.1, -0.05) is 13.3 Å². The summed E-state index contributed by atoms with van der Waals surface area (Å²) in [5.41, 5.74) is 0.769. The average molecular weight is 279 g/mol. The Morgan fingerprint density at radius 2 is 2.10 bits per heavy atom. The molecule has 0 bridgehead atoms. The molecule has 1 aliphatic carbocycles. The Balaban J connectivity index is 2.02. The lowest BCUT2D eigenvalue weighted by Gasteiger charge is -2.21. The van der Waals surface area contributed by atoms with E-state index in [1.807, 2.05) is 18.2 Å². The van der Waals surface area contributed by atoms with Gasteiger partial charge in [-0.25, -0.2) is 0 Å². The lowest BCUT2D eigenvalue weighted by Crippen LogP contribution is -2.34. The first kappa shape index (κ1) is 15.1. The molecule has 0 saturated heterocycles. The molecular formula is C16H25NO3. The molecule has 0 aromatic heterocycles. The Labute approximate surface area is 121 Å². The molecule has 4 nitrogen and oxygen atoms in total. The van der Waals surface area contributed by atoms with E-state index in [9.17, 15) is 5.11 Å². The van der Waals surface area contributed by atoms with Gasteiger partial charge in [0.05, 0.1) is 20.3 Å². The van der Waals surface area contributed by atoms with E-state index in [-0.39, 0.29) is 0 Å². The Kier molecular flexibility index (Phi) is 5.26. The smallest absolute Gasteiger partial charge is 0.124 e. The Bertz CT molecular complexity index is 436. The van der Waals surface area contributed by atoms with Gasteiger partial charge in [0.25, 0.3) is 0 Å². The van der Waals surface area contributed by atoms with Gasteiger partial charge in [-0.3, -0.25) is 0 Å². The molecule has 0 spiro atoms. The van der Waals surface area contributed by atoms with Crippen molar-refractivity contribution in [2.45, 2.75) is 38.3 Å². The minimum Gasteiger partial charge on any atom is -0.497 e. The highest BCUT2D eigenvalue weighted by atomic mass is 16.5. The van der Waals surface area contributed by atoms with Crippen LogP contribution in [0, 0.1) is 5.92 Å². The summed E-state index contributed by atoms with van der Waals surface area (Å²) in [5, 5.41) is 13.9. The third-order valence-electron chi connectivity index (χ3n) is 4.23. The molecule has 20 heavy (non-hydrogen) atoms. The van der Waals surface area contributed by atoms with E-state index in [4.69, 9.17) is 9.47 Å². The summed E-state index contributed by atoms with van der Waals surface area (Å²) in [4.78, 5) is 0. The van der Waals surface area contributed by atoms with Crippen LogP contribution in [-0.4, -0.2) is 31.9 Å². The second-order valence-electron chi connectivity index (χ2n) is 5.55. The van der Waals surface area contributed by atoms with Crippen LogP contribution in [0.3, 0.4) is 0 Å². The fraction of sp³-hybridized carbons (Fsp3) is 0.625. The maximum atomic E-state index is 10.4. The van der Waals surface area contributed by atoms with Crippen molar-refractivity contribution in [1.82, 2.24) is 5.32 Å². The van der Waals surface area contributed by atoms with E-state index in [1.165, 1.54) is 19.3 Å². The Morgan fingerprint density at radius 3 is 2.70 bits per heavy atom. The highest BCUT2D eigenvalue weighted by Crippen LogP contribution is 2.30. The van der Waals surface area contributed by atoms with Gasteiger partial charge in [-0.15, -0.1) is 0 Å². The lowest BCUT2D eigenvalue weighted by atomic mass is 10.0. The van der Waals surface area contributed by atoms with Crippen LogP contribution in [0.5, 0.6) is 11.5 Å². The van der Waals surface area contributed by atoms with Gasteiger partial charge in [-0.05, 0) is 37.0 Å². The predicted molar refractivity (Wildman–Crippen MR) is 79.3 cm³/mol. The molecule has 3 atom stereocenters. The van der Waals surface area contributed by atoms with Gasteiger partial charge in [0.2, 0.25) is 0 Å². The molecule has 2 rings (SSSR count). The molecule has 0 radical (unpaired) electrons. The van der Waals surface area contributed by atoms with Crippen molar-refractivity contribution in [3.63, 3.8) is 0 Å². The SMILES string of the molecule is COc1ccc(OC)c(C(O)CNC2CCCC2C)c1. The van der Waals surface area contributed by atoms with E-state index in [1.54, 1.807) is 14.2 Å². The number of methoxy groups -OCH3 is 2. The van der Waals surface area contributed by atoms with E-state index >= 15 is 0 Å². The zero-order valence-corrected chi connectivity index (χ0v) is 12.6. The number of aliphatic hydroxyl groups excluding tert-OH is 1. The maximum Gasteiger partial charge on any atom is 0.124 e. The van der Waals surface area contributed by atoms with E-state index in [0.29, 0.717) is 24.3 Å². The summed E-state index contributed by atoms with van der Waals surface area (Å²) in [6.45, 7) is 2.81. The average Bonchev–Trinajstić information content (AvgIpc) is 2.89. The standard InChI is InChI=1S/C16H25NO3/c1-11-5-4-6-14(11)17-10-15(18)13-9-12(19-2)7-8-16(13)20-3/h7-9,11,14-15,17-18H,4-6,10H2,1-3H3. The third-order valence-corrected chi connectivity index (χ3v) is 4.23. The maximum absolute atomic E-state index is 10.4. The molecule has 1 aromatic rings. The summed E-state index contributed by atoms with van der Waals surface area (Å²) in [7, 11) is 3.24. The number of benzene rings is 1. The van der Waals surface area contributed by atoms with Crippen LogP contribution in [-0.2, 0) is 0 Å². The largest absolute Gasteiger partial charge is 0.497 e. The van der Waals surface area contributed by atoms with Crippen molar-refractivity contribution in [1.29, 1.82) is 0 Å². The van der Waals surface area contributed by atoms with Crippen LogP contribution >= 0.6 is 0 Å². The molecule has 2 N–H and O–H groups in total. The Morgan fingerprint density at radius 1 is 1.30 bits per heavy atom. The van der Waals surface area contributed by atoms with Crippen molar-refractivity contribution in [3.8, 4) is 11.5 Å². The third kappa shape index (κ3) is 3.44. The second-order valence-corrected chi connectivity index (χ2v) is 5.55. The molecule has 1 aliphatic rings. The highest BCUT2D eigenvalue weighted by molar-refractivity contribution is 5.41. The van der Waals surface area contributed by atoms with Gasteiger partial charge in [0, 0.05) is 18.2 Å². The summed E-state index contributed by atoms with van der Waals surface area (Å²) in [6.07, 6.45) is 3.16. The van der Waals surface area contributed by atoms with Gasteiger partial charge in [0.15, 0.2) is 0 Å². The van der Waals surface area contributed by atoms with E-state index in [0.717, 1.165) is 11.3 Å². The predicted octanol–water partition coefficient (Wildman–Crippen LogP) is 2.52. The van der Waals surface area contributed by atoms with Crippen LogP contribution < -0.4 is 14.8 Å². The van der Waals surface area contributed by atoms with Gasteiger partial charge in [0.1, 0.15) is 11.5 Å². The fourth-order valence-electron chi connectivity index (χ4n) is 2.92. The van der Waals surface area contributed by atoms with E-state index in [2.05, 4.69) is 12.2 Å². The van der Waals surface area contributed by atoms with Crippen molar-refractivity contribution < 1.29 is 14.6 Å². The first-order valence-electron chi connectivity index (χ1n) is 7.29. The van der Waals surface area contributed by atoms with Crippen molar-refractivity contribution in [3.05, 3.63) is 23.8 Å². The molecule has 112 valence electrons. The first-order chi connectivity index (χ1) is 9.65. The van der Waals surface area contributed by atoms with Crippen molar-refractivity contribution >= 4 is 0 Å². The molecule has 1 aromatic carbocycles. The summed E-state index contributed by atoms with van der Waals surface area (Å²) in [5.74, 6) is 2.11. The monoisotopic (exact) mass is 279 g/mol. The van der Waals surface area contributed by atoms with Gasteiger partial charge < -0.3 is 19.9 Å². The number of hydrogen-bond acceptors (Lipinski definition) is 4. The van der Waals surface area contributed by atoms with Crippen LogP contribution in [0.1, 0.15) is 37.9 Å². The Hall–Kier alpha value is -1.26. The number of aliphatic hydroxyl groups is 1. The van der Waals surface area contributed by atoms with E-state index < -0.39 is 6.10 Å². The highest BCUT2D eigenvalue weighted by Gasteiger charge is 2.24. The fourth-order valence-corrected chi connectivity index (χ4v) is 2.92. The first-order valence-corrected chi connectivity index (χ1v) is 7.29. The van der Waals surface area contributed by atoms with Gasteiger partial charge >= 0.3 is 0 Å². The molecule has 0 amide bonds. The number of nitrogens with one attached hydrogen (secondary N) is 1. The molecule has 1 fully saturated rings. The lowest BCUT2D eigenvalue weighted by molar-refractivity contribution is 0.162. The molecule has 0 heterocycles. The topological polar surface area (TPSA) is 50.7 Å². The molecular weight excluding hydrogens is 254 g/mol. The number of hydrogen-bond donors (Lipinski definition) is 2. The van der Waals surface area contributed by atoms with Crippen LogP contribution in [0.15, 0.2) is 18.2 Å². The zero-order chi connectivity index (χ0) is 14.5. The minimum atomic E-state index is -0.590. The second kappa shape index (κ2) is 6.95. The van der Waals surface area contributed by atoms with Crippen LogP contribution in [0.4, 0.5) is 0 Å². The molecule has 0 aliphatic heterocycles. The zero-order valence-electron chi connectivity index (χ0n) is 12.6. The minimum absolute atomic E-state index is 0.515. The van der Waals surface area contributed by atoms with Crippen molar-refractivity contribution in [2.24, 2.45) is 5.92 Å². The number of ether oxygens (including phenoxy) is 2. The quantitative estimate of drug-likeness (QED) is 0.840. The summed E-state index contributed by atoms with van der Waals surface area (Å²) >= 11 is 0. The summed E-state index contributed by atoms with van der Waals surface area (Å²) in [6, 6.07) is 6.02. The molecule has 3 unspecified atom stereocenters. The van der Waals surface area contributed by atoms with Crippen LogP contribution in [0.2, 0.25) is 0 Å². The molecule has 1 saturated carbocycles. The normalized spacial score (nSPS) is 23.6. The molecule has 4 heteroatoms. The number of rotatable bonds is 6. The van der Waals surface area contributed by atoms with Gasteiger partial charge in [-0.2, -0.15) is 0 Å². The van der Waals surface area contributed by atoms with Crippen molar-refractivity contribution in [2.75, 3.05) is 20.8 Å². The summed E-state index contributed by atoms with van der Waals surface area (Å²) < 4.78 is 10.5. The van der Waals surface area contributed by atoms with Crippen LogP contribution in [0.25, 0.3) is 0 Å².